The van der Waals surface area contributed by atoms with Gasteiger partial charge in [-0.1, -0.05) is 6.07 Å². The Bertz CT molecular complexity index is 567. The van der Waals surface area contributed by atoms with E-state index in [2.05, 4.69) is 5.48 Å². The summed E-state index contributed by atoms with van der Waals surface area (Å²) in [6.07, 6.45) is 0. The van der Waals surface area contributed by atoms with E-state index >= 15 is 0 Å². The third-order valence-electron chi connectivity index (χ3n) is 2.38. The Morgan fingerprint density at radius 2 is 1.94 bits per heavy atom. The van der Waals surface area contributed by atoms with Crippen molar-refractivity contribution in [2.24, 2.45) is 5.14 Å². The van der Waals surface area contributed by atoms with Crippen LogP contribution < -0.4 is 10.6 Å². The molecule has 0 bridgehead atoms. The molecule has 0 saturated carbocycles. The quantitative estimate of drug-likeness (QED) is 0.785. The molecule has 0 aliphatic rings. The number of amides is 1. The summed E-state index contributed by atoms with van der Waals surface area (Å²) < 4.78 is 22.7. The zero-order chi connectivity index (χ0) is 13.9. The zero-order valence-corrected chi connectivity index (χ0v) is 11.3. The molecule has 1 aromatic carbocycles. The van der Waals surface area contributed by atoms with Gasteiger partial charge in [-0.05, 0) is 38.0 Å². The molecule has 6 nitrogen and oxygen atoms in total. The van der Waals surface area contributed by atoms with Gasteiger partial charge in [0.1, 0.15) is 0 Å². The Kier molecular flexibility index (Phi) is 4.44. The smallest absolute Gasteiger partial charge is 0.274 e. The number of benzene rings is 1. The van der Waals surface area contributed by atoms with Gasteiger partial charge in [0.15, 0.2) is 0 Å². The summed E-state index contributed by atoms with van der Waals surface area (Å²) in [5.74, 6) is -0.501. The van der Waals surface area contributed by atoms with Crippen LogP contribution in [0.3, 0.4) is 0 Å². The van der Waals surface area contributed by atoms with Gasteiger partial charge in [-0.15, -0.1) is 0 Å². The molecule has 7 heteroatoms. The summed E-state index contributed by atoms with van der Waals surface area (Å²) in [6.45, 7) is 5.37. The fourth-order valence-electron chi connectivity index (χ4n) is 1.58. The van der Waals surface area contributed by atoms with Crippen LogP contribution in [-0.2, 0) is 14.9 Å². The minimum Gasteiger partial charge on any atom is -0.274 e. The summed E-state index contributed by atoms with van der Waals surface area (Å²) in [5.41, 5.74) is 3.59. The lowest BCUT2D eigenvalue weighted by Crippen LogP contribution is -2.25. The molecule has 0 atom stereocenters. The molecule has 100 valence electrons. The van der Waals surface area contributed by atoms with Crippen LogP contribution in [-0.4, -0.2) is 20.9 Å². The second-order valence-corrected chi connectivity index (χ2v) is 5.37. The number of nitrogens with one attached hydrogen (secondary N) is 1. The Morgan fingerprint density at radius 3 is 2.44 bits per heavy atom. The molecule has 1 aromatic rings. The second kappa shape index (κ2) is 5.47. The Morgan fingerprint density at radius 1 is 1.33 bits per heavy atom. The molecule has 0 aliphatic heterocycles. The molecule has 0 unspecified atom stereocenters. The third kappa shape index (κ3) is 3.28. The molecule has 3 N–H and O–H groups in total. The van der Waals surface area contributed by atoms with Crippen LogP contribution in [0.1, 0.15) is 28.4 Å². The Labute approximate surface area is 106 Å². The molecule has 0 aromatic heterocycles. The number of nitrogens with two attached hydrogens (primary N) is 1. The van der Waals surface area contributed by atoms with E-state index in [0.29, 0.717) is 17.7 Å². The molecule has 1 amide bonds. The van der Waals surface area contributed by atoms with Crippen LogP contribution >= 0.6 is 0 Å². The number of rotatable bonds is 4. The van der Waals surface area contributed by atoms with Crippen molar-refractivity contribution in [1.29, 1.82) is 0 Å². The van der Waals surface area contributed by atoms with Crippen LogP contribution in [0.25, 0.3) is 0 Å². The SMILES string of the molecule is CCONC(=O)c1cc(S(N)(=O)=O)c(C)cc1C. The van der Waals surface area contributed by atoms with E-state index in [4.69, 9.17) is 9.98 Å². The first-order chi connectivity index (χ1) is 8.27. The normalized spacial score (nSPS) is 11.3. The van der Waals surface area contributed by atoms with Crippen molar-refractivity contribution in [3.8, 4) is 0 Å². The van der Waals surface area contributed by atoms with E-state index in [9.17, 15) is 13.2 Å². The largest absolute Gasteiger partial charge is 0.275 e. The molecular weight excluding hydrogens is 256 g/mol. The summed E-state index contributed by atoms with van der Waals surface area (Å²) in [6, 6.07) is 2.86. The summed E-state index contributed by atoms with van der Waals surface area (Å²) in [4.78, 5) is 16.5. The Hall–Kier alpha value is -1.44. The number of hydrogen-bond donors (Lipinski definition) is 2. The fraction of sp³-hybridized carbons (Fsp3) is 0.364. The number of carbonyl (C=O) groups excluding carboxylic acids is 1. The highest BCUT2D eigenvalue weighted by Gasteiger charge is 2.17. The van der Waals surface area contributed by atoms with Crippen LogP contribution in [0.4, 0.5) is 0 Å². The van der Waals surface area contributed by atoms with E-state index in [1.807, 2.05) is 0 Å². The lowest BCUT2D eigenvalue weighted by Gasteiger charge is -2.10. The van der Waals surface area contributed by atoms with Gasteiger partial charge in [-0.25, -0.2) is 19.0 Å². The molecule has 0 heterocycles. The van der Waals surface area contributed by atoms with E-state index in [0.717, 1.165) is 0 Å². The molecule has 0 spiro atoms. The van der Waals surface area contributed by atoms with Gasteiger partial charge in [0.25, 0.3) is 5.91 Å². The second-order valence-electron chi connectivity index (χ2n) is 3.84. The molecule has 0 fully saturated rings. The van der Waals surface area contributed by atoms with Gasteiger partial charge >= 0.3 is 0 Å². The molecule has 0 aliphatic carbocycles. The van der Waals surface area contributed by atoms with Gasteiger partial charge in [0, 0.05) is 5.56 Å². The van der Waals surface area contributed by atoms with Gasteiger partial charge in [-0.3, -0.25) is 9.63 Å². The van der Waals surface area contributed by atoms with Gasteiger partial charge in [0.05, 0.1) is 11.5 Å². The van der Waals surface area contributed by atoms with Gasteiger partial charge < -0.3 is 0 Å². The number of hydroxylamine groups is 1. The topological polar surface area (TPSA) is 98.5 Å². The van der Waals surface area contributed by atoms with Crippen LogP contribution in [0.5, 0.6) is 0 Å². The zero-order valence-electron chi connectivity index (χ0n) is 10.5. The van der Waals surface area contributed by atoms with Gasteiger partial charge in [0.2, 0.25) is 10.0 Å². The first kappa shape index (κ1) is 14.6. The van der Waals surface area contributed by atoms with Crippen LogP contribution in [0.15, 0.2) is 17.0 Å². The predicted molar refractivity (Wildman–Crippen MR) is 66.4 cm³/mol. The summed E-state index contributed by atoms with van der Waals surface area (Å²) in [5, 5.41) is 5.09. The van der Waals surface area contributed by atoms with E-state index in [-0.39, 0.29) is 10.5 Å². The van der Waals surface area contributed by atoms with Crippen molar-refractivity contribution in [3.05, 3.63) is 28.8 Å². The standard InChI is InChI=1S/C11H16N2O4S/c1-4-17-13-11(14)9-6-10(18(12,15)16)8(3)5-7(9)2/h5-6H,4H2,1-3H3,(H,13,14)(H2,12,15,16). The molecule has 0 saturated heterocycles. The van der Waals surface area contributed by atoms with Crippen molar-refractivity contribution in [2.75, 3.05) is 6.61 Å². The number of primary sulfonamides is 1. The fourth-order valence-corrected chi connectivity index (χ4v) is 2.37. The van der Waals surface area contributed by atoms with Gasteiger partial charge in [-0.2, -0.15) is 0 Å². The number of carbonyl (C=O) groups is 1. The summed E-state index contributed by atoms with van der Waals surface area (Å²) in [7, 11) is -3.85. The lowest BCUT2D eigenvalue weighted by atomic mass is 10.1. The minimum atomic E-state index is -3.85. The van der Waals surface area contributed by atoms with Crippen molar-refractivity contribution >= 4 is 15.9 Å². The van der Waals surface area contributed by atoms with E-state index in [1.54, 1.807) is 26.8 Å². The number of sulfonamides is 1. The average Bonchev–Trinajstić information content (AvgIpc) is 2.24. The highest BCUT2D eigenvalue weighted by atomic mass is 32.2. The highest BCUT2D eigenvalue weighted by molar-refractivity contribution is 7.89. The van der Waals surface area contributed by atoms with Crippen molar-refractivity contribution in [2.45, 2.75) is 25.7 Å². The first-order valence-corrected chi connectivity index (χ1v) is 6.88. The van der Waals surface area contributed by atoms with E-state index < -0.39 is 15.9 Å². The van der Waals surface area contributed by atoms with Crippen molar-refractivity contribution in [3.63, 3.8) is 0 Å². The summed E-state index contributed by atoms with van der Waals surface area (Å²) >= 11 is 0. The third-order valence-corrected chi connectivity index (χ3v) is 3.44. The predicted octanol–water partition coefficient (Wildman–Crippen LogP) is 0.632. The highest BCUT2D eigenvalue weighted by Crippen LogP contribution is 2.19. The molecule has 0 radical (unpaired) electrons. The molecule has 1 rings (SSSR count). The lowest BCUT2D eigenvalue weighted by molar-refractivity contribution is 0.0364. The van der Waals surface area contributed by atoms with Crippen molar-refractivity contribution in [1.82, 2.24) is 5.48 Å². The first-order valence-electron chi connectivity index (χ1n) is 5.33. The molecular formula is C11H16N2O4S. The monoisotopic (exact) mass is 272 g/mol. The van der Waals surface area contributed by atoms with Crippen LogP contribution in [0.2, 0.25) is 0 Å². The minimum absolute atomic E-state index is 0.0604. The maximum Gasteiger partial charge on any atom is 0.275 e. The van der Waals surface area contributed by atoms with Crippen LogP contribution in [0, 0.1) is 13.8 Å². The van der Waals surface area contributed by atoms with E-state index in [1.165, 1.54) is 6.07 Å². The number of aryl methyl sites for hydroxylation is 2. The Balaban J connectivity index is 3.26. The van der Waals surface area contributed by atoms with Crippen molar-refractivity contribution < 1.29 is 18.0 Å². The average molecular weight is 272 g/mol. The molecule has 18 heavy (non-hydrogen) atoms. The maximum atomic E-state index is 11.7. The maximum absolute atomic E-state index is 11.7. The number of hydrogen-bond acceptors (Lipinski definition) is 4.